The molecule has 0 aliphatic carbocycles. The Hall–Kier alpha value is -1.14. The molecular formula is C21H38N4O2. The molecule has 3 fully saturated rings. The van der Waals surface area contributed by atoms with Gasteiger partial charge in [0.15, 0.2) is 0 Å². The number of rotatable bonds is 6. The normalized spacial score (nSPS) is 24.6. The van der Waals surface area contributed by atoms with Crippen LogP contribution < -0.4 is 5.32 Å². The average molecular weight is 379 g/mol. The zero-order valence-electron chi connectivity index (χ0n) is 17.3. The van der Waals surface area contributed by atoms with E-state index in [1.54, 1.807) is 0 Å². The van der Waals surface area contributed by atoms with Crippen molar-refractivity contribution in [1.82, 2.24) is 20.0 Å². The topological polar surface area (TPSA) is 55.9 Å². The molecule has 6 heteroatoms. The molecule has 6 nitrogen and oxygen atoms in total. The number of hydrogen-bond acceptors (Lipinski definition) is 4. The first kappa shape index (κ1) is 20.6. The quantitative estimate of drug-likeness (QED) is 0.764. The second kappa shape index (κ2) is 9.87. The van der Waals surface area contributed by atoms with Crippen molar-refractivity contribution in [2.45, 2.75) is 70.9 Å². The highest BCUT2D eigenvalue weighted by Crippen LogP contribution is 2.21. The van der Waals surface area contributed by atoms with E-state index >= 15 is 0 Å². The Morgan fingerprint density at radius 1 is 1.04 bits per heavy atom. The van der Waals surface area contributed by atoms with Crippen molar-refractivity contribution in [2.75, 3.05) is 45.8 Å². The number of likely N-dealkylation sites (tertiary alicyclic amines) is 3. The third-order valence-corrected chi connectivity index (χ3v) is 6.60. The molecule has 0 saturated carbocycles. The molecule has 0 aromatic heterocycles. The Morgan fingerprint density at radius 3 is 2.37 bits per heavy atom. The third kappa shape index (κ3) is 6.18. The molecule has 0 aromatic carbocycles. The fourth-order valence-corrected chi connectivity index (χ4v) is 4.73. The molecule has 0 aromatic rings. The lowest BCUT2D eigenvalue weighted by Crippen LogP contribution is -2.50. The number of piperidine rings is 3. The van der Waals surface area contributed by atoms with Gasteiger partial charge in [0.25, 0.3) is 0 Å². The maximum atomic E-state index is 12.4. The molecule has 3 aliphatic rings. The first-order chi connectivity index (χ1) is 13.0. The van der Waals surface area contributed by atoms with Crippen LogP contribution in [0, 0.1) is 5.92 Å². The molecule has 154 valence electrons. The minimum atomic E-state index is 0.183. The Morgan fingerprint density at radius 2 is 1.74 bits per heavy atom. The first-order valence-electron chi connectivity index (χ1n) is 11.0. The largest absolute Gasteiger partial charge is 0.352 e. The van der Waals surface area contributed by atoms with E-state index in [0.717, 1.165) is 84.2 Å². The number of carbonyl (C=O) groups is 2. The Labute approximate surface area is 164 Å². The molecule has 3 heterocycles. The van der Waals surface area contributed by atoms with Gasteiger partial charge in [-0.1, -0.05) is 0 Å². The standard InChI is InChI=1S/C21H38N4O2/c1-17(2)24-13-8-19(9-14-24)22-20(26)16-23-11-6-18(7-12-23)15-25-10-4-3-5-21(25)27/h17-19H,3-16H2,1-2H3,(H,22,26). The van der Waals surface area contributed by atoms with Gasteiger partial charge in [-0.2, -0.15) is 0 Å². The van der Waals surface area contributed by atoms with E-state index in [4.69, 9.17) is 0 Å². The summed E-state index contributed by atoms with van der Waals surface area (Å²) in [4.78, 5) is 31.2. The summed E-state index contributed by atoms with van der Waals surface area (Å²) in [5, 5.41) is 3.25. The number of nitrogens with zero attached hydrogens (tertiary/aromatic N) is 3. The van der Waals surface area contributed by atoms with Crippen molar-refractivity contribution in [2.24, 2.45) is 5.92 Å². The van der Waals surface area contributed by atoms with Crippen LogP contribution in [0.1, 0.15) is 58.8 Å². The van der Waals surface area contributed by atoms with Crippen LogP contribution in [0.5, 0.6) is 0 Å². The zero-order chi connectivity index (χ0) is 19.2. The highest BCUT2D eigenvalue weighted by Gasteiger charge is 2.27. The summed E-state index contributed by atoms with van der Waals surface area (Å²) in [5.41, 5.74) is 0. The van der Waals surface area contributed by atoms with Crippen LogP contribution in [-0.4, -0.2) is 84.4 Å². The van der Waals surface area contributed by atoms with Gasteiger partial charge in [0.2, 0.25) is 11.8 Å². The maximum absolute atomic E-state index is 12.4. The predicted molar refractivity (Wildman–Crippen MR) is 107 cm³/mol. The monoisotopic (exact) mass is 378 g/mol. The number of hydrogen-bond donors (Lipinski definition) is 1. The van der Waals surface area contributed by atoms with E-state index in [9.17, 15) is 9.59 Å². The molecular weight excluding hydrogens is 340 g/mol. The van der Waals surface area contributed by atoms with Crippen LogP contribution in [0.3, 0.4) is 0 Å². The highest BCUT2D eigenvalue weighted by atomic mass is 16.2. The summed E-state index contributed by atoms with van der Waals surface area (Å²) < 4.78 is 0. The molecule has 3 aliphatic heterocycles. The first-order valence-corrected chi connectivity index (χ1v) is 11.0. The molecule has 27 heavy (non-hydrogen) atoms. The lowest BCUT2D eigenvalue weighted by Gasteiger charge is -2.37. The van der Waals surface area contributed by atoms with Crippen LogP contribution >= 0.6 is 0 Å². The van der Waals surface area contributed by atoms with Crippen molar-refractivity contribution in [3.63, 3.8) is 0 Å². The molecule has 0 bridgehead atoms. The van der Waals surface area contributed by atoms with Gasteiger partial charge in [-0.3, -0.25) is 14.5 Å². The van der Waals surface area contributed by atoms with Gasteiger partial charge in [-0.05, 0) is 71.4 Å². The van der Waals surface area contributed by atoms with Crippen molar-refractivity contribution >= 4 is 11.8 Å². The van der Waals surface area contributed by atoms with Crippen LogP contribution in [-0.2, 0) is 9.59 Å². The lowest BCUT2D eigenvalue weighted by molar-refractivity contribution is -0.134. The number of carbonyl (C=O) groups excluding carboxylic acids is 2. The molecule has 0 radical (unpaired) electrons. The molecule has 1 N–H and O–H groups in total. The molecule has 3 rings (SSSR count). The van der Waals surface area contributed by atoms with Crippen LogP contribution in [0.15, 0.2) is 0 Å². The van der Waals surface area contributed by atoms with Crippen molar-refractivity contribution in [3.8, 4) is 0 Å². The third-order valence-electron chi connectivity index (χ3n) is 6.60. The second-order valence-corrected chi connectivity index (χ2v) is 8.99. The fraction of sp³-hybridized carbons (Fsp3) is 0.905. The van der Waals surface area contributed by atoms with Gasteiger partial charge in [0.1, 0.15) is 0 Å². The van der Waals surface area contributed by atoms with Crippen molar-refractivity contribution in [3.05, 3.63) is 0 Å². The summed E-state index contributed by atoms with van der Waals surface area (Å²) in [7, 11) is 0. The van der Waals surface area contributed by atoms with E-state index < -0.39 is 0 Å². The van der Waals surface area contributed by atoms with Gasteiger partial charge < -0.3 is 15.1 Å². The van der Waals surface area contributed by atoms with Crippen molar-refractivity contribution < 1.29 is 9.59 Å². The molecule has 0 unspecified atom stereocenters. The molecule has 2 amide bonds. The van der Waals surface area contributed by atoms with Gasteiger partial charge in [-0.15, -0.1) is 0 Å². The predicted octanol–water partition coefficient (Wildman–Crippen LogP) is 1.70. The van der Waals surface area contributed by atoms with E-state index in [1.807, 2.05) is 0 Å². The van der Waals surface area contributed by atoms with Crippen LogP contribution in [0.2, 0.25) is 0 Å². The Bertz CT molecular complexity index is 494. The minimum absolute atomic E-state index is 0.183. The van der Waals surface area contributed by atoms with Crippen molar-refractivity contribution in [1.29, 1.82) is 0 Å². The average Bonchev–Trinajstić information content (AvgIpc) is 2.65. The Balaban J connectivity index is 1.32. The van der Waals surface area contributed by atoms with E-state index in [2.05, 4.69) is 33.9 Å². The summed E-state index contributed by atoms with van der Waals surface area (Å²) >= 11 is 0. The van der Waals surface area contributed by atoms with Gasteiger partial charge in [-0.25, -0.2) is 0 Å². The Kier molecular flexibility index (Phi) is 7.53. The molecule has 3 saturated heterocycles. The number of amides is 2. The van der Waals surface area contributed by atoms with Gasteiger partial charge in [0.05, 0.1) is 6.54 Å². The molecule has 0 spiro atoms. The lowest BCUT2D eigenvalue weighted by atomic mass is 9.95. The molecule has 0 atom stereocenters. The SMILES string of the molecule is CC(C)N1CCC(NC(=O)CN2CCC(CN3CCCCC3=O)CC2)CC1. The fourth-order valence-electron chi connectivity index (χ4n) is 4.73. The summed E-state index contributed by atoms with van der Waals surface area (Å²) in [6.45, 7) is 11.0. The number of nitrogens with one attached hydrogen (secondary N) is 1. The highest BCUT2D eigenvalue weighted by molar-refractivity contribution is 5.78. The second-order valence-electron chi connectivity index (χ2n) is 8.99. The smallest absolute Gasteiger partial charge is 0.234 e. The van der Waals surface area contributed by atoms with Gasteiger partial charge >= 0.3 is 0 Å². The zero-order valence-corrected chi connectivity index (χ0v) is 17.3. The van der Waals surface area contributed by atoms with E-state index in [-0.39, 0.29) is 5.91 Å². The van der Waals surface area contributed by atoms with Gasteiger partial charge in [0, 0.05) is 44.7 Å². The van der Waals surface area contributed by atoms with E-state index in [1.165, 1.54) is 0 Å². The van der Waals surface area contributed by atoms with E-state index in [0.29, 0.717) is 30.5 Å². The van der Waals surface area contributed by atoms with Crippen LogP contribution in [0.4, 0.5) is 0 Å². The summed E-state index contributed by atoms with van der Waals surface area (Å²) in [6, 6.07) is 0.943. The summed E-state index contributed by atoms with van der Waals surface area (Å²) in [6.07, 6.45) is 7.27. The maximum Gasteiger partial charge on any atom is 0.234 e. The summed E-state index contributed by atoms with van der Waals surface area (Å²) in [5.74, 6) is 1.13. The van der Waals surface area contributed by atoms with Crippen LogP contribution in [0.25, 0.3) is 0 Å². The minimum Gasteiger partial charge on any atom is -0.352 e.